The molecule has 128 valence electrons. The number of para-hydroxylation sites is 1. The van der Waals surface area contributed by atoms with E-state index in [0.29, 0.717) is 18.0 Å². The van der Waals surface area contributed by atoms with Gasteiger partial charge in [0.25, 0.3) is 0 Å². The van der Waals surface area contributed by atoms with Gasteiger partial charge in [-0.25, -0.2) is 13.6 Å². The van der Waals surface area contributed by atoms with Gasteiger partial charge in [-0.05, 0) is 24.1 Å². The summed E-state index contributed by atoms with van der Waals surface area (Å²) in [6.45, 7) is 1.38. The number of nitrogens with two attached hydrogens (primary N) is 1. The molecule has 0 bridgehead atoms. The van der Waals surface area contributed by atoms with Crippen LogP contribution in [-0.4, -0.2) is 30.1 Å². The minimum absolute atomic E-state index is 0.0928. The number of primary sulfonamides is 1. The van der Waals surface area contributed by atoms with Gasteiger partial charge in [-0.1, -0.05) is 23.4 Å². The highest BCUT2D eigenvalue weighted by molar-refractivity contribution is 7.89. The first-order chi connectivity index (χ1) is 12.0. The molecule has 9 heteroatoms. The van der Waals surface area contributed by atoms with E-state index in [-0.39, 0.29) is 10.7 Å². The second-order valence-corrected chi connectivity index (χ2v) is 7.33. The van der Waals surface area contributed by atoms with Crippen LogP contribution in [0.4, 0.5) is 5.69 Å². The Morgan fingerprint density at radius 1 is 1.24 bits per heavy atom. The fraction of sp³-hybridized carbons (Fsp3) is 0.188. The summed E-state index contributed by atoms with van der Waals surface area (Å²) in [6, 6.07) is 9.58. The lowest BCUT2D eigenvalue weighted by molar-refractivity contribution is 0.377. The first-order valence-electron chi connectivity index (χ1n) is 7.64. The van der Waals surface area contributed by atoms with E-state index in [9.17, 15) is 8.42 Å². The van der Waals surface area contributed by atoms with Gasteiger partial charge in [0.15, 0.2) is 0 Å². The van der Waals surface area contributed by atoms with Gasteiger partial charge >= 0.3 is 0 Å². The molecule has 1 aliphatic heterocycles. The molecule has 3 heterocycles. The van der Waals surface area contributed by atoms with E-state index >= 15 is 0 Å². The van der Waals surface area contributed by atoms with Crippen LogP contribution in [0.5, 0.6) is 0 Å². The summed E-state index contributed by atoms with van der Waals surface area (Å²) in [6.07, 6.45) is 3.63. The zero-order valence-electron chi connectivity index (χ0n) is 13.2. The number of hydrogen-bond donors (Lipinski definition) is 1. The molecule has 0 atom stereocenters. The van der Waals surface area contributed by atoms with Gasteiger partial charge in [0.2, 0.25) is 21.7 Å². The molecule has 0 unspecified atom stereocenters. The highest BCUT2D eigenvalue weighted by Gasteiger charge is 2.21. The Kier molecular flexibility index (Phi) is 3.74. The maximum Gasteiger partial charge on any atom is 0.246 e. The van der Waals surface area contributed by atoms with E-state index in [4.69, 9.17) is 9.66 Å². The Morgan fingerprint density at radius 3 is 2.92 bits per heavy atom. The smallest absolute Gasteiger partial charge is 0.246 e. The molecule has 1 aromatic carbocycles. The molecule has 0 amide bonds. The van der Waals surface area contributed by atoms with Crippen LogP contribution in [0.25, 0.3) is 11.4 Å². The van der Waals surface area contributed by atoms with Crippen LogP contribution in [-0.2, 0) is 23.0 Å². The SMILES string of the molecule is NS(=O)(=O)c1cncc(-c2noc(CN3CCc4ccccc43)n2)c1. The molecule has 0 saturated heterocycles. The summed E-state index contributed by atoms with van der Waals surface area (Å²) in [5, 5.41) is 9.04. The number of pyridine rings is 1. The lowest BCUT2D eigenvalue weighted by Crippen LogP contribution is -2.19. The van der Waals surface area contributed by atoms with Crippen LogP contribution in [0.1, 0.15) is 11.5 Å². The van der Waals surface area contributed by atoms with Gasteiger partial charge in [-0.15, -0.1) is 0 Å². The van der Waals surface area contributed by atoms with E-state index in [1.54, 1.807) is 0 Å². The molecule has 25 heavy (non-hydrogen) atoms. The highest BCUT2D eigenvalue weighted by Crippen LogP contribution is 2.29. The molecule has 0 radical (unpaired) electrons. The molecule has 0 spiro atoms. The zero-order valence-corrected chi connectivity index (χ0v) is 14.0. The van der Waals surface area contributed by atoms with Crippen molar-refractivity contribution in [1.29, 1.82) is 0 Å². The maximum absolute atomic E-state index is 11.4. The second-order valence-electron chi connectivity index (χ2n) is 5.77. The highest BCUT2D eigenvalue weighted by atomic mass is 32.2. The number of benzene rings is 1. The van der Waals surface area contributed by atoms with Crippen molar-refractivity contribution in [2.24, 2.45) is 5.14 Å². The number of nitrogens with zero attached hydrogens (tertiary/aromatic N) is 4. The van der Waals surface area contributed by atoms with Crippen molar-refractivity contribution < 1.29 is 12.9 Å². The molecule has 4 rings (SSSR count). The quantitative estimate of drug-likeness (QED) is 0.749. The van der Waals surface area contributed by atoms with E-state index in [2.05, 4.69) is 32.2 Å². The van der Waals surface area contributed by atoms with E-state index in [1.807, 2.05) is 12.1 Å². The first-order valence-corrected chi connectivity index (χ1v) is 9.19. The number of aromatic nitrogens is 3. The Labute approximate surface area is 144 Å². The maximum atomic E-state index is 11.4. The molecule has 0 aliphatic carbocycles. The number of fused-ring (bicyclic) bond motifs is 1. The average molecular weight is 357 g/mol. The Hall–Kier alpha value is -2.78. The Balaban J connectivity index is 1.58. The third kappa shape index (κ3) is 3.11. The summed E-state index contributed by atoms with van der Waals surface area (Å²) in [5.74, 6) is 0.730. The summed E-state index contributed by atoms with van der Waals surface area (Å²) >= 11 is 0. The van der Waals surface area contributed by atoms with Crippen molar-refractivity contribution >= 4 is 15.7 Å². The van der Waals surface area contributed by atoms with Crippen molar-refractivity contribution in [2.75, 3.05) is 11.4 Å². The van der Waals surface area contributed by atoms with Gasteiger partial charge < -0.3 is 9.42 Å². The van der Waals surface area contributed by atoms with Gasteiger partial charge in [-0.2, -0.15) is 4.98 Å². The van der Waals surface area contributed by atoms with E-state index in [0.717, 1.165) is 13.0 Å². The molecule has 2 N–H and O–H groups in total. The topological polar surface area (TPSA) is 115 Å². The second kappa shape index (κ2) is 5.94. The largest absolute Gasteiger partial charge is 0.362 e. The molecule has 0 saturated carbocycles. The number of rotatable bonds is 4. The average Bonchev–Trinajstić information content (AvgIpc) is 3.22. The third-order valence-corrected chi connectivity index (χ3v) is 4.96. The predicted molar refractivity (Wildman–Crippen MR) is 90.1 cm³/mol. The van der Waals surface area contributed by atoms with Crippen molar-refractivity contribution in [3.05, 3.63) is 54.2 Å². The van der Waals surface area contributed by atoms with Crippen LogP contribution in [0, 0.1) is 0 Å². The van der Waals surface area contributed by atoms with Gasteiger partial charge in [0.05, 0.1) is 6.54 Å². The van der Waals surface area contributed by atoms with E-state index in [1.165, 1.54) is 29.7 Å². The number of hydrogen-bond acceptors (Lipinski definition) is 7. The molecule has 1 aliphatic rings. The van der Waals surface area contributed by atoms with Crippen LogP contribution < -0.4 is 10.0 Å². The summed E-state index contributed by atoms with van der Waals surface area (Å²) in [4.78, 5) is 10.3. The number of sulfonamides is 1. The van der Waals surface area contributed by atoms with Crippen LogP contribution in [0.3, 0.4) is 0 Å². The summed E-state index contributed by atoms with van der Waals surface area (Å²) in [5.41, 5.74) is 2.90. The van der Waals surface area contributed by atoms with Gasteiger partial charge in [0, 0.05) is 30.2 Å². The monoisotopic (exact) mass is 357 g/mol. The van der Waals surface area contributed by atoms with E-state index < -0.39 is 10.0 Å². The molecule has 8 nitrogen and oxygen atoms in total. The van der Waals surface area contributed by atoms with Crippen LogP contribution in [0.15, 0.2) is 52.1 Å². The van der Waals surface area contributed by atoms with Gasteiger partial charge in [0.1, 0.15) is 4.90 Å². The molecule has 0 fully saturated rings. The summed E-state index contributed by atoms with van der Waals surface area (Å²) in [7, 11) is -3.84. The molecular formula is C16H15N5O3S. The van der Waals surface area contributed by atoms with Gasteiger partial charge in [-0.3, -0.25) is 4.98 Å². The van der Waals surface area contributed by atoms with Crippen molar-refractivity contribution in [1.82, 2.24) is 15.1 Å². The normalized spacial score (nSPS) is 13.9. The molecule has 2 aromatic heterocycles. The van der Waals surface area contributed by atoms with Crippen LogP contribution in [0.2, 0.25) is 0 Å². The van der Waals surface area contributed by atoms with Crippen LogP contribution >= 0.6 is 0 Å². The minimum Gasteiger partial charge on any atom is -0.362 e. The Bertz CT molecular complexity index is 1030. The lowest BCUT2D eigenvalue weighted by Gasteiger charge is -2.16. The molecule has 3 aromatic rings. The fourth-order valence-electron chi connectivity index (χ4n) is 2.87. The van der Waals surface area contributed by atoms with Crippen molar-refractivity contribution in [3.8, 4) is 11.4 Å². The third-order valence-electron chi connectivity index (χ3n) is 4.08. The predicted octanol–water partition coefficient (Wildman–Crippen LogP) is 1.34. The number of anilines is 1. The Morgan fingerprint density at radius 2 is 2.08 bits per heavy atom. The summed E-state index contributed by atoms with van der Waals surface area (Å²) < 4.78 is 28.2. The van der Waals surface area contributed by atoms with Crippen molar-refractivity contribution in [2.45, 2.75) is 17.9 Å². The first kappa shape index (κ1) is 15.7. The van der Waals surface area contributed by atoms with Crippen molar-refractivity contribution in [3.63, 3.8) is 0 Å². The molecular weight excluding hydrogens is 342 g/mol. The standard InChI is InChI=1S/C16H15N5O3S/c17-25(22,23)13-7-12(8-18-9-13)16-19-15(24-20-16)10-21-6-5-11-3-1-2-4-14(11)21/h1-4,7-9H,5-6,10H2,(H2,17,22,23). The lowest BCUT2D eigenvalue weighted by atomic mass is 10.2. The zero-order chi connectivity index (χ0) is 17.4. The minimum atomic E-state index is -3.84. The fourth-order valence-corrected chi connectivity index (χ4v) is 3.37.